The number of ether oxygens (including phenoxy) is 1. The van der Waals surface area contributed by atoms with Crippen molar-refractivity contribution in [3.05, 3.63) is 41.5 Å². The molecule has 0 aliphatic rings. The van der Waals surface area contributed by atoms with Crippen molar-refractivity contribution in [2.45, 2.75) is 6.54 Å². The number of aliphatic carboxylic acids is 1. The van der Waals surface area contributed by atoms with Crippen LogP contribution in [0.4, 0.5) is 0 Å². The number of carboxylic acid groups (broad SMARTS) is 1. The Hall–Kier alpha value is -1.65. The second-order valence-corrected chi connectivity index (χ2v) is 4.15. The van der Waals surface area contributed by atoms with Crippen LogP contribution in [0.15, 0.2) is 30.3 Å². The molecule has 0 bridgehead atoms. The lowest BCUT2D eigenvalue weighted by Crippen LogP contribution is -2.22. The van der Waals surface area contributed by atoms with Gasteiger partial charge in [0.25, 0.3) is 0 Å². The number of carbonyl (C=O) groups is 1. The number of carboxylic acids is 1. The van der Waals surface area contributed by atoms with E-state index in [9.17, 15) is 4.79 Å². The number of hydrogen-bond donors (Lipinski definition) is 1. The van der Waals surface area contributed by atoms with Gasteiger partial charge >= 0.3 is 5.97 Å². The third-order valence-electron chi connectivity index (χ3n) is 2.50. The van der Waals surface area contributed by atoms with Crippen LogP contribution in [0, 0.1) is 0 Å². The first-order chi connectivity index (χ1) is 8.61. The van der Waals surface area contributed by atoms with Crippen molar-refractivity contribution in [2.24, 2.45) is 0 Å². The molecule has 1 rings (SSSR count). The molecule has 0 aromatic heterocycles. The standard InChI is InChI=1S/C14H19NO3/c1-15(8-9-18-2)11-13-5-3-4-12(10-13)6-7-14(16)17/h3-7,10H,8-9,11H2,1-2H3,(H,16,17). The van der Waals surface area contributed by atoms with E-state index in [1.165, 1.54) is 0 Å². The fourth-order valence-electron chi connectivity index (χ4n) is 1.60. The van der Waals surface area contributed by atoms with Crippen molar-refractivity contribution >= 4 is 12.0 Å². The van der Waals surface area contributed by atoms with Gasteiger partial charge in [0.05, 0.1) is 6.61 Å². The minimum atomic E-state index is -0.933. The predicted molar refractivity (Wildman–Crippen MR) is 71.3 cm³/mol. The smallest absolute Gasteiger partial charge is 0.328 e. The minimum absolute atomic E-state index is 0.703. The number of hydrogen-bond acceptors (Lipinski definition) is 3. The summed E-state index contributed by atoms with van der Waals surface area (Å²) in [7, 11) is 3.71. The van der Waals surface area contributed by atoms with E-state index in [0.29, 0.717) is 6.61 Å². The summed E-state index contributed by atoms with van der Waals surface area (Å²) in [5.41, 5.74) is 2.05. The average molecular weight is 249 g/mol. The number of nitrogens with zero attached hydrogens (tertiary/aromatic N) is 1. The zero-order valence-corrected chi connectivity index (χ0v) is 10.8. The van der Waals surface area contributed by atoms with Crippen molar-refractivity contribution in [2.75, 3.05) is 27.3 Å². The summed E-state index contributed by atoms with van der Waals surface area (Å²) < 4.78 is 5.02. The Labute approximate surface area is 107 Å². The molecule has 0 unspecified atom stereocenters. The normalized spacial score (nSPS) is 11.3. The van der Waals surface area contributed by atoms with E-state index in [-0.39, 0.29) is 0 Å². The highest BCUT2D eigenvalue weighted by atomic mass is 16.5. The van der Waals surface area contributed by atoms with Gasteiger partial charge in [0.2, 0.25) is 0 Å². The fourth-order valence-corrected chi connectivity index (χ4v) is 1.60. The van der Waals surface area contributed by atoms with Gasteiger partial charge in [-0.05, 0) is 24.3 Å². The Balaban J connectivity index is 2.61. The van der Waals surface area contributed by atoms with Crippen LogP contribution in [0.3, 0.4) is 0 Å². The van der Waals surface area contributed by atoms with Gasteiger partial charge in [0, 0.05) is 26.3 Å². The van der Waals surface area contributed by atoms with E-state index < -0.39 is 5.97 Å². The van der Waals surface area contributed by atoms with Crippen LogP contribution in [-0.4, -0.2) is 43.3 Å². The monoisotopic (exact) mass is 249 g/mol. The highest BCUT2D eigenvalue weighted by molar-refractivity contribution is 5.85. The summed E-state index contributed by atoms with van der Waals surface area (Å²) >= 11 is 0. The van der Waals surface area contributed by atoms with E-state index in [1.54, 1.807) is 13.2 Å². The predicted octanol–water partition coefficient (Wildman–Crippen LogP) is 1.86. The van der Waals surface area contributed by atoms with Crippen LogP contribution in [0.1, 0.15) is 11.1 Å². The molecule has 0 amide bonds. The summed E-state index contributed by atoms with van der Waals surface area (Å²) in [5.74, 6) is -0.933. The van der Waals surface area contributed by atoms with E-state index in [0.717, 1.165) is 30.3 Å². The van der Waals surface area contributed by atoms with Crippen LogP contribution in [0.2, 0.25) is 0 Å². The Morgan fingerprint density at radius 2 is 2.28 bits per heavy atom. The Morgan fingerprint density at radius 1 is 1.50 bits per heavy atom. The Bertz CT molecular complexity index is 415. The maximum Gasteiger partial charge on any atom is 0.328 e. The molecule has 0 aliphatic heterocycles. The molecule has 1 N–H and O–H groups in total. The Morgan fingerprint density at radius 3 is 2.94 bits per heavy atom. The summed E-state index contributed by atoms with van der Waals surface area (Å²) in [6.45, 7) is 2.39. The molecule has 4 heteroatoms. The number of methoxy groups -OCH3 is 1. The average Bonchev–Trinajstić information content (AvgIpc) is 2.34. The molecule has 18 heavy (non-hydrogen) atoms. The maximum atomic E-state index is 10.4. The van der Waals surface area contributed by atoms with Gasteiger partial charge in [-0.15, -0.1) is 0 Å². The number of likely N-dealkylation sites (N-methyl/N-ethyl adjacent to an activating group) is 1. The van der Waals surface area contributed by atoms with E-state index in [4.69, 9.17) is 9.84 Å². The highest BCUT2D eigenvalue weighted by Gasteiger charge is 2.00. The Kier molecular flexibility index (Phi) is 6.11. The van der Waals surface area contributed by atoms with Gasteiger partial charge in [-0.3, -0.25) is 4.90 Å². The second-order valence-electron chi connectivity index (χ2n) is 4.15. The zero-order valence-electron chi connectivity index (χ0n) is 10.8. The van der Waals surface area contributed by atoms with E-state index >= 15 is 0 Å². The molecule has 0 aliphatic carbocycles. The molecular formula is C14H19NO3. The van der Waals surface area contributed by atoms with Crippen molar-refractivity contribution in [1.82, 2.24) is 4.90 Å². The third kappa shape index (κ3) is 5.61. The molecule has 0 saturated carbocycles. The van der Waals surface area contributed by atoms with Gasteiger partial charge < -0.3 is 9.84 Å². The van der Waals surface area contributed by atoms with Gasteiger partial charge in [-0.1, -0.05) is 24.3 Å². The van der Waals surface area contributed by atoms with Gasteiger partial charge in [-0.2, -0.15) is 0 Å². The molecule has 0 heterocycles. The molecule has 1 aromatic rings. The van der Waals surface area contributed by atoms with E-state index in [1.807, 2.05) is 31.3 Å². The van der Waals surface area contributed by atoms with Crippen LogP contribution in [0.5, 0.6) is 0 Å². The maximum absolute atomic E-state index is 10.4. The molecule has 0 radical (unpaired) electrons. The van der Waals surface area contributed by atoms with Crippen LogP contribution >= 0.6 is 0 Å². The summed E-state index contributed by atoms with van der Waals surface area (Å²) in [6.07, 6.45) is 2.74. The van der Waals surface area contributed by atoms with Crippen LogP contribution < -0.4 is 0 Å². The second kappa shape index (κ2) is 7.63. The van der Waals surface area contributed by atoms with Crippen LogP contribution in [-0.2, 0) is 16.1 Å². The summed E-state index contributed by atoms with van der Waals surface area (Å²) in [5, 5.41) is 8.58. The summed E-state index contributed by atoms with van der Waals surface area (Å²) in [6, 6.07) is 7.84. The first-order valence-corrected chi connectivity index (χ1v) is 5.79. The first-order valence-electron chi connectivity index (χ1n) is 5.79. The molecule has 0 spiro atoms. The fraction of sp³-hybridized carbons (Fsp3) is 0.357. The highest BCUT2D eigenvalue weighted by Crippen LogP contribution is 2.09. The molecule has 0 fully saturated rings. The number of benzene rings is 1. The SMILES string of the molecule is COCCN(C)Cc1cccc(C=CC(=O)O)c1. The molecule has 0 saturated heterocycles. The van der Waals surface area contributed by atoms with Crippen LogP contribution in [0.25, 0.3) is 6.08 Å². The first kappa shape index (κ1) is 14.4. The molecular weight excluding hydrogens is 230 g/mol. The lowest BCUT2D eigenvalue weighted by atomic mass is 10.1. The van der Waals surface area contributed by atoms with Crippen molar-refractivity contribution in [1.29, 1.82) is 0 Å². The lowest BCUT2D eigenvalue weighted by molar-refractivity contribution is -0.131. The van der Waals surface area contributed by atoms with Crippen molar-refractivity contribution in [3.8, 4) is 0 Å². The van der Waals surface area contributed by atoms with Gasteiger partial charge in [-0.25, -0.2) is 4.79 Å². The van der Waals surface area contributed by atoms with Crippen molar-refractivity contribution < 1.29 is 14.6 Å². The molecule has 0 atom stereocenters. The third-order valence-corrected chi connectivity index (χ3v) is 2.50. The zero-order chi connectivity index (χ0) is 13.4. The topological polar surface area (TPSA) is 49.8 Å². The van der Waals surface area contributed by atoms with Gasteiger partial charge in [0.1, 0.15) is 0 Å². The molecule has 4 nitrogen and oxygen atoms in total. The molecule has 98 valence electrons. The molecule has 1 aromatic carbocycles. The van der Waals surface area contributed by atoms with Crippen molar-refractivity contribution in [3.63, 3.8) is 0 Å². The van der Waals surface area contributed by atoms with Gasteiger partial charge in [0.15, 0.2) is 0 Å². The quantitative estimate of drug-likeness (QED) is 0.749. The van der Waals surface area contributed by atoms with E-state index in [2.05, 4.69) is 4.90 Å². The summed E-state index contributed by atoms with van der Waals surface area (Å²) in [4.78, 5) is 12.6. The largest absolute Gasteiger partial charge is 0.478 e. The number of rotatable bonds is 7. The minimum Gasteiger partial charge on any atom is -0.478 e. The lowest BCUT2D eigenvalue weighted by Gasteiger charge is -2.16.